The van der Waals surface area contributed by atoms with Crippen molar-refractivity contribution in [2.45, 2.75) is 37.5 Å². The van der Waals surface area contributed by atoms with Gasteiger partial charge in [-0.05, 0) is 48.9 Å². The van der Waals surface area contributed by atoms with E-state index in [1.165, 1.54) is 25.2 Å². The van der Waals surface area contributed by atoms with Crippen LogP contribution in [0.1, 0.15) is 43.0 Å². The minimum absolute atomic E-state index is 0.00338. The van der Waals surface area contributed by atoms with E-state index in [4.69, 9.17) is 16.3 Å². The third kappa shape index (κ3) is 5.87. The van der Waals surface area contributed by atoms with Crippen molar-refractivity contribution < 1.29 is 17.9 Å². The minimum Gasteiger partial charge on any atom is -0.497 e. The van der Waals surface area contributed by atoms with Crippen molar-refractivity contribution in [2.24, 2.45) is 0 Å². The van der Waals surface area contributed by atoms with Crippen LogP contribution in [0.4, 0.5) is 5.69 Å². The van der Waals surface area contributed by atoms with Crippen molar-refractivity contribution >= 4 is 33.2 Å². The molecule has 2 rings (SSSR count). The summed E-state index contributed by atoms with van der Waals surface area (Å²) in [5.74, 6) is 0.250. The van der Waals surface area contributed by atoms with Gasteiger partial charge in [-0.15, -0.1) is 0 Å². The molecule has 0 bridgehead atoms. The van der Waals surface area contributed by atoms with Gasteiger partial charge in [0, 0.05) is 13.6 Å². The van der Waals surface area contributed by atoms with Gasteiger partial charge in [0.2, 0.25) is 0 Å². The number of anilines is 1. The summed E-state index contributed by atoms with van der Waals surface area (Å²) in [6, 6.07) is 10.8. The van der Waals surface area contributed by atoms with Crippen LogP contribution in [-0.4, -0.2) is 35.0 Å². The molecule has 0 saturated heterocycles. The Labute approximate surface area is 177 Å². The van der Waals surface area contributed by atoms with Crippen LogP contribution in [0.5, 0.6) is 5.75 Å². The lowest BCUT2D eigenvalue weighted by molar-refractivity contribution is 0.0953. The summed E-state index contributed by atoms with van der Waals surface area (Å²) in [6.07, 6.45) is 4.13. The van der Waals surface area contributed by atoms with E-state index < -0.39 is 10.0 Å². The number of halogens is 1. The van der Waals surface area contributed by atoms with Crippen molar-refractivity contribution in [3.8, 4) is 5.75 Å². The van der Waals surface area contributed by atoms with E-state index in [0.717, 1.165) is 30.0 Å². The molecule has 29 heavy (non-hydrogen) atoms. The van der Waals surface area contributed by atoms with E-state index >= 15 is 0 Å². The van der Waals surface area contributed by atoms with Gasteiger partial charge in [-0.2, -0.15) is 0 Å². The Bertz CT molecular complexity index is 930. The smallest absolute Gasteiger partial charge is 0.264 e. The number of carbonyl (C=O) groups is 1. The van der Waals surface area contributed by atoms with E-state index in [1.54, 1.807) is 31.4 Å². The number of nitrogens with one attached hydrogen (secondary N) is 1. The molecule has 2 aromatic rings. The number of benzene rings is 2. The fourth-order valence-electron chi connectivity index (χ4n) is 2.78. The lowest BCUT2D eigenvalue weighted by Gasteiger charge is -2.20. The Hall–Kier alpha value is -2.25. The highest BCUT2D eigenvalue weighted by Gasteiger charge is 2.23. The second kappa shape index (κ2) is 10.5. The summed E-state index contributed by atoms with van der Waals surface area (Å²) in [6.45, 7) is 2.64. The lowest BCUT2D eigenvalue weighted by atomic mass is 10.2. The minimum atomic E-state index is -3.86. The Morgan fingerprint density at radius 3 is 2.41 bits per heavy atom. The highest BCUT2D eigenvalue weighted by molar-refractivity contribution is 7.92. The largest absolute Gasteiger partial charge is 0.497 e. The first-order valence-electron chi connectivity index (χ1n) is 9.52. The molecule has 0 fully saturated rings. The van der Waals surface area contributed by atoms with Gasteiger partial charge in [-0.1, -0.05) is 37.8 Å². The Morgan fingerprint density at radius 2 is 1.79 bits per heavy atom. The van der Waals surface area contributed by atoms with Crippen molar-refractivity contribution in [3.05, 3.63) is 53.1 Å². The molecule has 0 aliphatic rings. The highest BCUT2D eigenvalue weighted by atomic mass is 35.5. The van der Waals surface area contributed by atoms with Gasteiger partial charge in [0.15, 0.2) is 0 Å². The number of rotatable bonds is 10. The zero-order chi connectivity index (χ0) is 21.4. The van der Waals surface area contributed by atoms with E-state index in [0.29, 0.717) is 18.0 Å². The molecular formula is C21H27ClN2O4S. The van der Waals surface area contributed by atoms with Crippen molar-refractivity contribution in [3.63, 3.8) is 0 Å². The molecular weight excluding hydrogens is 412 g/mol. The number of ether oxygens (including phenoxy) is 1. The van der Waals surface area contributed by atoms with Gasteiger partial charge in [0.25, 0.3) is 15.9 Å². The summed E-state index contributed by atoms with van der Waals surface area (Å²) >= 11 is 6.15. The molecule has 158 valence electrons. The predicted octanol–water partition coefficient (Wildman–Crippen LogP) is 4.48. The molecule has 0 spiro atoms. The normalized spacial score (nSPS) is 11.2. The molecule has 0 unspecified atom stereocenters. The van der Waals surface area contributed by atoms with Crippen LogP contribution >= 0.6 is 11.6 Å². The number of hydrogen-bond acceptors (Lipinski definition) is 4. The van der Waals surface area contributed by atoms with Crippen LogP contribution in [0, 0.1) is 0 Å². The maximum atomic E-state index is 13.0. The monoisotopic (exact) mass is 438 g/mol. The van der Waals surface area contributed by atoms with Crippen LogP contribution in [0.2, 0.25) is 5.02 Å². The van der Waals surface area contributed by atoms with E-state index in [9.17, 15) is 13.2 Å². The number of nitrogens with zero attached hydrogens (tertiary/aromatic N) is 1. The van der Waals surface area contributed by atoms with Crippen molar-refractivity contribution in [1.82, 2.24) is 5.32 Å². The van der Waals surface area contributed by atoms with Gasteiger partial charge in [-0.3, -0.25) is 9.10 Å². The summed E-state index contributed by atoms with van der Waals surface area (Å²) in [5, 5.41) is 3.02. The highest BCUT2D eigenvalue weighted by Crippen LogP contribution is 2.27. The van der Waals surface area contributed by atoms with Crippen molar-refractivity contribution in [2.75, 3.05) is 25.0 Å². The molecule has 0 atom stereocenters. The summed E-state index contributed by atoms with van der Waals surface area (Å²) < 4.78 is 32.3. The Kier molecular flexibility index (Phi) is 8.34. The van der Waals surface area contributed by atoms with Crippen LogP contribution < -0.4 is 14.4 Å². The number of methoxy groups -OCH3 is 1. The predicted molar refractivity (Wildman–Crippen MR) is 117 cm³/mol. The molecule has 0 heterocycles. The van der Waals surface area contributed by atoms with E-state index in [-0.39, 0.29) is 21.4 Å². The van der Waals surface area contributed by atoms with Crippen LogP contribution in [0.25, 0.3) is 0 Å². The Morgan fingerprint density at radius 1 is 1.10 bits per heavy atom. The first-order chi connectivity index (χ1) is 13.8. The number of amides is 1. The molecule has 0 aromatic heterocycles. The molecule has 0 aliphatic heterocycles. The zero-order valence-electron chi connectivity index (χ0n) is 16.9. The SMILES string of the molecule is CCCCCCNC(=O)c1cc(S(=O)(=O)N(C)c2ccc(OC)cc2)ccc1Cl. The first-order valence-corrected chi connectivity index (χ1v) is 11.3. The fraction of sp³-hybridized carbons (Fsp3) is 0.381. The molecule has 0 saturated carbocycles. The van der Waals surface area contributed by atoms with Gasteiger partial charge < -0.3 is 10.1 Å². The second-order valence-electron chi connectivity index (χ2n) is 6.63. The molecule has 0 radical (unpaired) electrons. The average Bonchev–Trinajstić information content (AvgIpc) is 2.73. The lowest BCUT2D eigenvalue weighted by Crippen LogP contribution is -2.28. The molecule has 2 aromatic carbocycles. The van der Waals surface area contributed by atoms with Crippen LogP contribution in [0.15, 0.2) is 47.4 Å². The molecule has 6 nitrogen and oxygen atoms in total. The molecule has 0 aliphatic carbocycles. The van der Waals surface area contributed by atoms with Gasteiger partial charge in [0.05, 0.1) is 28.3 Å². The zero-order valence-corrected chi connectivity index (χ0v) is 18.5. The molecule has 1 amide bonds. The average molecular weight is 439 g/mol. The van der Waals surface area contributed by atoms with Gasteiger partial charge >= 0.3 is 0 Å². The summed E-state index contributed by atoms with van der Waals surface area (Å²) in [7, 11) is -0.864. The third-order valence-corrected chi connectivity index (χ3v) is 6.70. The van der Waals surface area contributed by atoms with Gasteiger partial charge in [0.1, 0.15) is 5.75 Å². The first kappa shape index (κ1) is 23.0. The number of hydrogen-bond donors (Lipinski definition) is 1. The number of sulfonamides is 1. The van der Waals surface area contributed by atoms with Crippen molar-refractivity contribution in [1.29, 1.82) is 0 Å². The molecule has 1 N–H and O–H groups in total. The maximum Gasteiger partial charge on any atom is 0.264 e. The Balaban J connectivity index is 2.20. The third-order valence-electron chi connectivity index (χ3n) is 4.59. The number of carbonyl (C=O) groups excluding carboxylic acids is 1. The summed E-state index contributed by atoms with van der Waals surface area (Å²) in [4.78, 5) is 12.5. The van der Waals surface area contributed by atoms with E-state index in [2.05, 4.69) is 12.2 Å². The fourth-order valence-corrected chi connectivity index (χ4v) is 4.20. The van der Waals surface area contributed by atoms with Crippen LogP contribution in [-0.2, 0) is 10.0 Å². The van der Waals surface area contributed by atoms with Crippen LogP contribution in [0.3, 0.4) is 0 Å². The topological polar surface area (TPSA) is 75.7 Å². The molecule has 8 heteroatoms. The second-order valence-corrected chi connectivity index (χ2v) is 9.01. The quantitative estimate of drug-likeness (QED) is 0.555. The van der Waals surface area contributed by atoms with Gasteiger partial charge in [-0.25, -0.2) is 8.42 Å². The summed E-state index contributed by atoms with van der Waals surface area (Å²) in [5.41, 5.74) is 0.619. The van der Waals surface area contributed by atoms with E-state index in [1.807, 2.05) is 0 Å². The maximum absolute atomic E-state index is 13.0. The number of unbranched alkanes of at least 4 members (excludes halogenated alkanes) is 3. The standard InChI is InChI=1S/C21H27ClN2O4S/c1-4-5-6-7-14-23-21(25)19-15-18(12-13-20(19)22)29(26,27)24(2)16-8-10-17(28-3)11-9-16/h8-13,15H,4-7,14H2,1-3H3,(H,23,25).